The van der Waals surface area contributed by atoms with E-state index in [1.165, 1.54) is 11.0 Å². The van der Waals surface area contributed by atoms with E-state index in [4.69, 9.17) is 28.2 Å². The smallest absolute Gasteiger partial charge is 0.270 e. The molecule has 1 aliphatic heterocycles. The largest absolute Gasteiger partial charge is 0.457 e. The molecular weight excluding hydrogens is 408 g/mol. The Labute approximate surface area is 177 Å². The van der Waals surface area contributed by atoms with Gasteiger partial charge in [-0.15, -0.1) is 0 Å². The number of halogens is 1. The van der Waals surface area contributed by atoms with Crippen molar-refractivity contribution in [3.05, 3.63) is 82.6 Å². The molecule has 2 heterocycles. The predicted molar refractivity (Wildman–Crippen MR) is 117 cm³/mol. The van der Waals surface area contributed by atoms with Crippen LogP contribution >= 0.6 is 23.8 Å². The van der Waals surface area contributed by atoms with Gasteiger partial charge in [0.1, 0.15) is 17.1 Å². The molecule has 0 bridgehead atoms. The summed E-state index contributed by atoms with van der Waals surface area (Å²) < 4.78 is 5.82. The molecule has 1 saturated heterocycles. The Bertz CT molecular complexity index is 1150. The third-order valence-electron chi connectivity index (χ3n) is 4.44. The van der Waals surface area contributed by atoms with Crippen LogP contribution in [0.2, 0.25) is 5.02 Å². The number of anilines is 1. The van der Waals surface area contributed by atoms with Crippen molar-refractivity contribution in [2.24, 2.45) is 0 Å². The number of thiocarbonyl (C=S) groups is 1. The minimum atomic E-state index is -0.571. The van der Waals surface area contributed by atoms with Crippen molar-refractivity contribution in [1.29, 1.82) is 0 Å². The molecule has 3 aromatic rings. The number of furan rings is 1. The van der Waals surface area contributed by atoms with E-state index in [1.807, 2.05) is 31.2 Å². The Balaban J connectivity index is 1.66. The summed E-state index contributed by atoms with van der Waals surface area (Å²) in [5, 5.41) is 3.09. The van der Waals surface area contributed by atoms with Gasteiger partial charge in [0.15, 0.2) is 5.11 Å². The molecule has 1 aromatic heterocycles. The minimum absolute atomic E-state index is 0.0132. The molecule has 29 heavy (non-hydrogen) atoms. The van der Waals surface area contributed by atoms with Crippen molar-refractivity contribution in [2.45, 2.75) is 6.92 Å². The molecule has 0 atom stereocenters. The number of carbonyl (C=O) groups is 2. The highest BCUT2D eigenvalue weighted by Gasteiger charge is 2.34. The van der Waals surface area contributed by atoms with Gasteiger partial charge in [0.25, 0.3) is 11.8 Å². The number of carbonyl (C=O) groups excluding carboxylic acids is 2. The molecular formula is C22H15ClN2O3S. The highest BCUT2D eigenvalue weighted by atomic mass is 35.5. The highest BCUT2D eigenvalue weighted by molar-refractivity contribution is 7.80. The van der Waals surface area contributed by atoms with E-state index >= 15 is 0 Å². The number of rotatable bonds is 3. The van der Waals surface area contributed by atoms with E-state index < -0.39 is 11.8 Å². The second-order valence-corrected chi connectivity index (χ2v) is 7.33. The lowest BCUT2D eigenvalue weighted by molar-refractivity contribution is -0.122. The van der Waals surface area contributed by atoms with Crippen molar-refractivity contribution in [2.75, 3.05) is 4.90 Å². The summed E-state index contributed by atoms with van der Waals surface area (Å²) >= 11 is 11.1. The lowest BCUT2D eigenvalue weighted by Gasteiger charge is -2.28. The monoisotopic (exact) mass is 422 g/mol. The highest BCUT2D eigenvalue weighted by Crippen LogP contribution is 2.26. The van der Waals surface area contributed by atoms with Crippen LogP contribution in [0.5, 0.6) is 0 Å². The van der Waals surface area contributed by atoms with Crippen LogP contribution in [-0.4, -0.2) is 16.9 Å². The molecule has 1 N–H and O–H groups in total. The molecule has 0 spiro atoms. The zero-order valence-electron chi connectivity index (χ0n) is 15.3. The first-order valence-corrected chi connectivity index (χ1v) is 9.55. The molecule has 1 aliphatic rings. The molecule has 2 aromatic carbocycles. The Morgan fingerprint density at radius 2 is 1.69 bits per heavy atom. The third-order valence-corrected chi connectivity index (χ3v) is 4.97. The number of hydrogen-bond acceptors (Lipinski definition) is 4. The minimum Gasteiger partial charge on any atom is -0.457 e. The van der Waals surface area contributed by atoms with Crippen LogP contribution in [-0.2, 0) is 9.59 Å². The van der Waals surface area contributed by atoms with Gasteiger partial charge in [-0.2, -0.15) is 0 Å². The fraction of sp³-hybridized carbons (Fsp3) is 0.0455. The van der Waals surface area contributed by atoms with Crippen molar-refractivity contribution >= 4 is 52.5 Å². The summed E-state index contributed by atoms with van der Waals surface area (Å²) in [7, 11) is 0. The molecule has 1 fully saturated rings. The summed E-state index contributed by atoms with van der Waals surface area (Å²) in [6.07, 6.45) is 1.42. The van der Waals surface area contributed by atoms with E-state index in [0.29, 0.717) is 22.2 Å². The second-order valence-electron chi connectivity index (χ2n) is 6.50. The molecule has 0 radical (unpaired) electrons. The summed E-state index contributed by atoms with van der Waals surface area (Å²) in [5.74, 6) is -0.0681. The van der Waals surface area contributed by atoms with Crippen molar-refractivity contribution in [1.82, 2.24) is 5.32 Å². The van der Waals surface area contributed by atoms with Crippen LogP contribution in [0.3, 0.4) is 0 Å². The fourth-order valence-corrected chi connectivity index (χ4v) is 3.33. The van der Waals surface area contributed by atoms with Gasteiger partial charge in [-0.1, -0.05) is 41.4 Å². The summed E-state index contributed by atoms with van der Waals surface area (Å²) in [5.41, 5.74) is 2.49. The van der Waals surface area contributed by atoms with Gasteiger partial charge < -0.3 is 4.42 Å². The number of nitrogens with one attached hydrogen (secondary N) is 1. The van der Waals surface area contributed by atoms with Gasteiger partial charge in [0.05, 0.1) is 5.69 Å². The van der Waals surface area contributed by atoms with Crippen LogP contribution in [0.15, 0.2) is 70.7 Å². The Hall–Kier alpha value is -3.22. The molecule has 4 rings (SSSR count). The van der Waals surface area contributed by atoms with Gasteiger partial charge >= 0.3 is 0 Å². The molecule has 5 nitrogen and oxygen atoms in total. The lowest BCUT2D eigenvalue weighted by atomic mass is 10.1. The Kier molecular flexibility index (Phi) is 5.05. The van der Waals surface area contributed by atoms with E-state index in [1.54, 1.807) is 36.4 Å². The van der Waals surface area contributed by atoms with Gasteiger partial charge in [-0.25, -0.2) is 0 Å². The fourth-order valence-electron chi connectivity index (χ4n) is 2.93. The SMILES string of the molecule is Cc1ccc(-c2ccc(/C=C3/C(=O)NC(=S)N(c4ccc(Cl)cc4)C3=O)o2)cc1. The van der Waals surface area contributed by atoms with Gasteiger partial charge in [-0.05, 0) is 61.6 Å². The number of benzene rings is 2. The number of aryl methyl sites for hydroxylation is 1. The van der Waals surface area contributed by atoms with Crippen LogP contribution in [0.25, 0.3) is 17.4 Å². The van der Waals surface area contributed by atoms with E-state index in [0.717, 1.165) is 11.1 Å². The average Bonchev–Trinajstić information content (AvgIpc) is 3.16. The Morgan fingerprint density at radius 3 is 2.38 bits per heavy atom. The summed E-state index contributed by atoms with van der Waals surface area (Å²) in [6.45, 7) is 2.01. The zero-order valence-corrected chi connectivity index (χ0v) is 16.9. The van der Waals surface area contributed by atoms with Gasteiger partial charge in [0, 0.05) is 10.6 Å². The maximum Gasteiger partial charge on any atom is 0.270 e. The average molecular weight is 423 g/mol. The standard InChI is InChI=1S/C22H15ClN2O3S/c1-13-2-4-14(5-3-13)19-11-10-17(28-19)12-18-20(26)24-22(29)25(21(18)27)16-8-6-15(23)7-9-16/h2-12H,1H3,(H,24,26,29)/b18-12-. The molecule has 7 heteroatoms. The predicted octanol–water partition coefficient (Wildman–Crippen LogP) is 4.74. The van der Waals surface area contributed by atoms with Crippen LogP contribution in [0.4, 0.5) is 5.69 Å². The first-order chi connectivity index (χ1) is 13.9. The Morgan fingerprint density at radius 1 is 1.00 bits per heavy atom. The van der Waals surface area contributed by atoms with Crippen LogP contribution in [0, 0.1) is 6.92 Å². The first kappa shape index (κ1) is 19.1. The maximum absolute atomic E-state index is 13.0. The second kappa shape index (κ2) is 7.66. The van der Waals surface area contributed by atoms with Gasteiger partial charge in [0.2, 0.25) is 0 Å². The number of hydrogen-bond donors (Lipinski definition) is 1. The molecule has 0 aliphatic carbocycles. The van der Waals surface area contributed by atoms with Crippen molar-refractivity contribution < 1.29 is 14.0 Å². The van der Waals surface area contributed by atoms with E-state index in [9.17, 15) is 9.59 Å². The molecule has 144 valence electrons. The summed E-state index contributed by atoms with van der Waals surface area (Å²) in [4.78, 5) is 26.6. The summed E-state index contributed by atoms with van der Waals surface area (Å²) in [6, 6.07) is 18.0. The first-order valence-electron chi connectivity index (χ1n) is 8.76. The van der Waals surface area contributed by atoms with Crippen molar-refractivity contribution in [3.8, 4) is 11.3 Å². The maximum atomic E-state index is 13.0. The van der Waals surface area contributed by atoms with E-state index in [-0.39, 0.29) is 10.7 Å². The molecule has 0 saturated carbocycles. The number of amides is 2. The lowest BCUT2D eigenvalue weighted by Crippen LogP contribution is -2.54. The van der Waals surface area contributed by atoms with Crippen molar-refractivity contribution in [3.63, 3.8) is 0 Å². The molecule has 0 unspecified atom stereocenters. The van der Waals surface area contributed by atoms with Crippen LogP contribution < -0.4 is 10.2 Å². The normalized spacial score (nSPS) is 15.7. The van der Waals surface area contributed by atoms with Crippen LogP contribution in [0.1, 0.15) is 11.3 Å². The molecule has 2 amide bonds. The topological polar surface area (TPSA) is 62.6 Å². The van der Waals surface area contributed by atoms with E-state index in [2.05, 4.69) is 5.32 Å². The van der Waals surface area contributed by atoms with Gasteiger partial charge in [-0.3, -0.25) is 19.8 Å². The third kappa shape index (κ3) is 3.85. The number of nitrogens with zero attached hydrogens (tertiary/aromatic N) is 1. The quantitative estimate of drug-likeness (QED) is 0.376. The zero-order chi connectivity index (χ0) is 20.5.